The maximum atomic E-state index is 12.8. The standard InChI is InChI=1S/C22H25BrN2O4/c1-14-4-6-16(23)13-17(14)25-20(26)8-9-24-21(27)22(2,3)15-5-7-18-19(12-15)29-11-10-28-18/h4-7,12-13H,8-11H2,1-3H3,(H,24,27)(H,25,26). The Bertz CT molecular complexity index is 927. The van der Waals surface area contributed by atoms with Crippen molar-refractivity contribution in [1.82, 2.24) is 5.32 Å². The van der Waals surface area contributed by atoms with Crippen LogP contribution < -0.4 is 20.1 Å². The van der Waals surface area contributed by atoms with Gasteiger partial charge in [0, 0.05) is 23.1 Å². The molecule has 0 bridgehead atoms. The molecule has 0 aliphatic carbocycles. The third-order valence-corrected chi connectivity index (χ3v) is 5.44. The lowest BCUT2D eigenvalue weighted by Crippen LogP contribution is -2.41. The van der Waals surface area contributed by atoms with Gasteiger partial charge in [-0.2, -0.15) is 0 Å². The summed E-state index contributed by atoms with van der Waals surface area (Å²) in [6.45, 7) is 6.90. The zero-order valence-electron chi connectivity index (χ0n) is 16.8. The van der Waals surface area contributed by atoms with Crippen LogP contribution in [0.4, 0.5) is 5.69 Å². The van der Waals surface area contributed by atoms with Crippen molar-refractivity contribution in [2.24, 2.45) is 0 Å². The zero-order valence-corrected chi connectivity index (χ0v) is 18.4. The molecule has 0 aromatic heterocycles. The van der Waals surface area contributed by atoms with E-state index in [0.29, 0.717) is 24.7 Å². The van der Waals surface area contributed by atoms with E-state index in [1.807, 2.05) is 57.2 Å². The Kier molecular flexibility index (Phi) is 6.47. The molecule has 7 heteroatoms. The maximum absolute atomic E-state index is 12.8. The van der Waals surface area contributed by atoms with Crippen molar-refractivity contribution in [2.75, 3.05) is 25.1 Å². The van der Waals surface area contributed by atoms with Crippen LogP contribution in [0.15, 0.2) is 40.9 Å². The van der Waals surface area contributed by atoms with Crippen LogP contribution in [0.5, 0.6) is 11.5 Å². The van der Waals surface area contributed by atoms with E-state index in [-0.39, 0.29) is 24.8 Å². The summed E-state index contributed by atoms with van der Waals surface area (Å²) in [5.41, 5.74) is 1.79. The minimum absolute atomic E-state index is 0.149. The highest BCUT2D eigenvalue weighted by Crippen LogP contribution is 2.35. The predicted octanol–water partition coefficient (Wildman–Crippen LogP) is 3.95. The third kappa shape index (κ3) is 5.09. The average molecular weight is 461 g/mol. The van der Waals surface area contributed by atoms with E-state index in [1.165, 1.54) is 0 Å². The molecule has 29 heavy (non-hydrogen) atoms. The van der Waals surface area contributed by atoms with Crippen LogP contribution in [0.25, 0.3) is 0 Å². The van der Waals surface area contributed by atoms with E-state index in [0.717, 1.165) is 21.3 Å². The van der Waals surface area contributed by atoms with Crippen molar-refractivity contribution in [2.45, 2.75) is 32.6 Å². The molecule has 2 aromatic carbocycles. The van der Waals surface area contributed by atoms with Crippen LogP contribution in [0.3, 0.4) is 0 Å². The third-order valence-electron chi connectivity index (χ3n) is 4.94. The Morgan fingerprint density at radius 1 is 1.07 bits per heavy atom. The van der Waals surface area contributed by atoms with Gasteiger partial charge in [0.1, 0.15) is 13.2 Å². The van der Waals surface area contributed by atoms with E-state index in [1.54, 1.807) is 0 Å². The summed E-state index contributed by atoms with van der Waals surface area (Å²) in [6.07, 6.45) is 0.189. The van der Waals surface area contributed by atoms with Gasteiger partial charge >= 0.3 is 0 Å². The molecule has 0 radical (unpaired) electrons. The van der Waals surface area contributed by atoms with Crippen LogP contribution >= 0.6 is 15.9 Å². The average Bonchev–Trinajstić information content (AvgIpc) is 2.70. The molecule has 0 atom stereocenters. The molecule has 1 aliphatic rings. The Labute approximate surface area is 179 Å². The molecule has 0 unspecified atom stereocenters. The summed E-state index contributed by atoms with van der Waals surface area (Å²) in [7, 11) is 0. The van der Waals surface area contributed by atoms with Gasteiger partial charge in [-0.05, 0) is 56.2 Å². The van der Waals surface area contributed by atoms with Crippen LogP contribution in [0, 0.1) is 6.92 Å². The van der Waals surface area contributed by atoms with E-state index in [9.17, 15) is 9.59 Å². The molecule has 2 N–H and O–H groups in total. The first-order chi connectivity index (χ1) is 13.8. The number of carbonyl (C=O) groups is 2. The van der Waals surface area contributed by atoms with Gasteiger partial charge in [0.2, 0.25) is 11.8 Å². The molecule has 2 aromatic rings. The lowest BCUT2D eigenvalue weighted by Gasteiger charge is -2.26. The van der Waals surface area contributed by atoms with Crippen molar-refractivity contribution in [3.63, 3.8) is 0 Å². The fraction of sp³-hybridized carbons (Fsp3) is 0.364. The van der Waals surface area contributed by atoms with E-state index < -0.39 is 5.41 Å². The van der Waals surface area contributed by atoms with Gasteiger partial charge in [-0.25, -0.2) is 0 Å². The van der Waals surface area contributed by atoms with E-state index in [2.05, 4.69) is 26.6 Å². The number of ether oxygens (including phenoxy) is 2. The molecular formula is C22H25BrN2O4. The predicted molar refractivity (Wildman–Crippen MR) is 116 cm³/mol. The van der Waals surface area contributed by atoms with Crippen molar-refractivity contribution in [1.29, 1.82) is 0 Å². The van der Waals surface area contributed by atoms with Crippen LogP contribution in [0.2, 0.25) is 0 Å². The minimum atomic E-state index is -0.771. The quantitative estimate of drug-likeness (QED) is 0.683. The van der Waals surface area contributed by atoms with Gasteiger partial charge in [-0.15, -0.1) is 0 Å². The smallest absolute Gasteiger partial charge is 0.230 e. The number of hydrogen-bond acceptors (Lipinski definition) is 4. The van der Waals surface area contributed by atoms with Gasteiger partial charge in [-0.3, -0.25) is 9.59 Å². The first-order valence-corrected chi connectivity index (χ1v) is 10.3. The number of anilines is 1. The Morgan fingerprint density at radius 2 is 1.79 bits per heavy atom. The number of benzene rings is 2. The fourth-order valence-electron chi connectivity index (χ4n) is 3.02. The lowest BCUT2D eigenvalue weighted by atomic mass is 9.83. The fourth-order valence-corrected chi connectivity index (χ4v) is 3.38. The first kappa shape index (κ1) is 21.2. The van der Waals surface area contributed by atoms with Crippen LogP contribution in [-0.4, -0.2) is 31.6 Å². The van der Waals surface area contributed by atoms with Gasteiger partial charge in [0.25, 0.3) is 0 Å². The lowest BCUT2D eigenvalue weighted by molar-refractivity contribution is -0.125. The summed E-state index contributed by atoms with van der Waals surface area (Å²) < 4.78 is 12.0. The number of halogens is 1. The highest BCUT2D eigenvalue weighted by Gasteiger charge is 2.31. The summed E-state index contributed by atoms with van der Waals surface area (Å²) in [4.78, 5) is 25.0. The molecular weight excluding hydrogens is 436 g/mol. The van der Waals surface area contributed by atoms with Gasteiger partial charge in [-0.1, -0.05) is 28.1 Å². The SMILES string of the molecule is Cc1ccc(Br)cc1NC(=O)CCNC(=O)C(C)(C)c1ccc2c(c1)OCCO2. The number of amides is 2. The first-order valence-electron chi connectivity index (χ1n) is 9.52. The molecule has 1 heterocycles. The van der Waals surface area contributed by atoms with E-state index >= 15 is 0 Å². The second-order valence-electron chi connectivity index (χ2n) is 7.50. The van der Waals surface area contributed by atoms with Gasteiger partial charge in [0.05, 0.1) is 5.41 Å². The Morgan fingerprint density at radius 3 is 2.55 bits per heavy atom. The monoisotopic (exact) mass is 460 g/mol. The van der Waals surface area contributed by atoms with Crippen molar-refractivity contribution < 1.29 is 19.1 Å². The van der Waals surface area contributed by atoms with Crippen molar-refractivity contribution in [3.8, 4) is 11.5 Å². The van der Waals surface area contributed by atoms with Crippen LogP contribution in [-0.2, 0) is 15.0 Å². The highest BCUT2D eigenvalue weighted by molar-refractivity contribution is 9.10. The van der Waals surface area contributed by atoms with Crippen molar-refractivity contribution >= 4 is 33.4 Å². The Balaban J connectivity index is 1.55. The normalized spacial score (nSPS) is 13.0. The second kappa shape index (κ2) is 8.86. The largest absolute Gasteiger partial charge is 0.486 e. The van der Waals surface area contributed by atoms with Crippen molar-refractivity contribution in [3.05, 3.63) is 52.0 Å². The summed E-state index contributed by atoms with van der Waals surface area (Å²) in [5, 5.41) is 5.74. The summed E-state index contributed by atoms with van der Waals surface area (Å²) in [5.74, 6) is 1.04. The van der Waals surface area contributed by atoms with E-state index in [4.69, 9.17) is 9.47 Å². The molecule has 2 amide bonds. The minimum Gasteiger partial charge on any atom is -0.486 e. The topological polar surface area (TPSA) is 76.7 Å². The number of carbonyl (C=O) groups excluding carboxylic acids is 2. The highest BCUT2D eigenvalue weighted by atomic mass is 79.9. The second-order valence-corrected chi connectivity index (χ2v) is 8.41. The molecule has 154 valence electrons. The number of rotatable bonds is 6. The number of aryl methyl sites for hydroxylation is 1. The number of fused-ring (bicyclic) bond motifs is 1. The molecule has 3 rings (SSSR count). The maximum Gasteiger partial charge on any atom is 0.230 e. The molecule has 0 fully saturated rings. The number of hydrogen-bond donors (Lipinski definition) is 2. The van der Waals surface area contributed by atoms with Gasteiger partial charge < -0.3 is 20.1 Å². The van der Waals surface area contributed by atoms with Crippen LogP contribution in [0.1, 0.15) is 31.4 Å². The molecule has 0 saturated carbocycles. The zero-order chi connectivity index (χ0) is 21.0. The molecule has 0 spiro atoms. The molecule has 0 saturated heterocycles. The summed E-state index contributed by atoms with van der Waals surface area (Å²) in [6, 6.07) is 11.2. The van der Waals surface area contributed by atoms with Gasteiger partial charge in [0.15, 0.2) is 11.5 Å². The Hall–Kier alpha value is -2.54. The number of nitrogens with one attached hydrogen (secondary N) is 2. The molecule has 6 nitrogen and oxygen atoms in total. The summed E-state index contributed by atoms with van der Waals surface area (Å²) >= 11 is 3.40. The molecule has 1 aliphatic heterocycles.